The zero-order valence-corrected chi connectivity index (χ0v) is 17.0. The molecule has 0 saturated carbocycles. The Morgan fingerprint density at radius 3 is 2.48 bits per heavy atom. The van der Waals surface area contributed by atoms with Gasteiger partial charge < -0.3 is 14.8 Å². The summed E-state index contributed by atoms with van der Waals surface area (Å²) in [6, 6.07) is 14.8. The first-order chi connectivity index (χ1) is 12.9. The van der Waals surface area contributed by atoms with Gasteiger partial charge in [0.1, 0.15) is 5.75 Å². The summed E-state index contributed by atoms with van der Waals surface area (Å²) in [6.07, 6.45) is 1.95. The van der Waals surface area contributed by atoms with E-state index in [1.807, 2.05) is 49.4 Å². The molecule has 0 aliphatic heterocycles. The van der Waals surface area contributed by atoms with E-state index in [4.69, 9.17) is 9.47 Å². The van der Waals surface area contributed by atoms with E-state index in [2.05, 4.69) is 21.2 Å². The zero-order valence-electron chi connectivity index (χ0n) is 15.4. The highest BCUT2D eigenvalue weighted by molar-refractivity contribution is 9.10. The van der Waals surface area contributed by atoms with E-state index in [0.717, 1.165) is 15.6 Å². The molecule has 6 heteroatoms. The van der Waals surface area contributed by atoms with Gasteiger partial charge in [0.2, 0.25) is 0 Å². The Morgan fingerprint density at radius 2 is 1.81 bits per heavy atom. The molecular formula is C21H22BrNO4. The molecule has 1 amide bonds. The number of hydrogen-bond acceptors (Lipinski definition) is 4. The van der Waals surface area contributed by atoms with Crippen molar-refractivity contribution in [1.29, 1.82) is 0 Å². The van der Waals surface area contributed by atoms with Crippen molar-refractivity contribution in [2.24, 2.45) is 0 Å². The molecular weight excluding hydrogens is 410 g/mol. The molecule has 0 bridgehead atoms. The van der Waals surface area contributed by atoms with Crippen LogP contribution in [0.2, 0.25) is 0 Å². The fourth-order valence-electron chi connectivity index (χ4n) is 2.42. The Balaban J connectivity index is 1.93. The second-order valence-electron chi connectivity index (χ2n) is 5.94. The number of methoxy groups -OCH3 is 1. The summed E-state index contributed by atoms with van der Waals surface area (Å²) < 4.78 is 11.3. The number of hydrogen-bond donors (Lipinski definition) is 1. The minimum atomic E-state index is -0.905. The van der Waals surface area contributed by atoms with Gasteiger partial charge in [0.25, 0.3) is 5.91 Å². The molecule has 5 nitrogen and oxygen atoms in total. The maximum absolute atomic E-state index is 12.2. The number of carbonyl (C=O) groups excluding carboxylic acids is 2. The van der Waals surface area contributed by atoms with Crippen LogP contribution in [0.25, 0.3) is 6.08 Å². The lowest BCUT2D eigenvalue weighted by Crippen LogP contribution is -2.37. The maximum atomic E-state index is 12.2. The van der Waals surface area contributed by atoms with Crippen molar-refractivity contribution in [2.45, 2.75) is 26.0 Å². The summed E-state index contributed by atoms with van der Waals surface area (Å²) in [4.78, 5) is 24.3. The normalized spacial score (nSPS) is 13.0. The quantitative estimate of drug-likeness (QED) is 0.524. The molecule has 0 aliphatic carbocycles. The summed E-state index contributed by atoms with van der Waals surface area (Å²) in [7, 11) is 1.55. The Labute approximate surface area is 167 Å². The predicted molar refractivity (Wildman–Crippen MR) is 108 cm³/mol. The van der Waals surface area contributed by atoms with E-state index in [9.17, 15) is 9.59 Å². The van der Waals surface area contributed by atoms with Gasteiger partial charge in [-0.05, 0) is 43.7 Å². The van der Waals surface area contributed by atoms with Crippen LogP contribution in [-0.2, 0) is 14.3 Å². The third kappa shape index (κ3) is 6.25. The number of amides is 1. The molecule has 0 saturated heterocycles. The van der Waals surface area contributed by atoms with Crippen LogP contribution in [0.4, 0.5) is 0 Å². The van der Waals surface area contributed by atoms with Gasteiger partial charge in [-0.2, -0.15) is 0 Å². The number of halogens is 1. The Bertz CT molecular complexity index is 820. The minimum absolute atomic E-state index is 0.179. The van der Waals surface area contributed by atoms with E-state index in [-0.39, 0.29) is 11.9 Å². The number of carbonyl (C=O) groups is 2. The first-order valence-electron chi connectivity index (χ1n) is 8.48. The lowest BCUT2D eigenvalue weighted by atomic mass is 10.1. The topological polar surface area (TPSA) is 64.6 Å². The van der Waals surface area contributed by atoms with Gasteiger partial charge in [0.05, 0.1) is 13.2 Å². The third-order valence-electron chi connectivity index (χ3n) is 3.91. The molecule has 2 unspecified atom stereocenters. The lowest BCUT2D eigenvalue weighted by molar-refractivity contribution is -0.150. The van der Waals surface area contributed by atoms with Crippen molar-refractivity contribution in [1.82, 2.24) is 5.32 Å². The van der Waals surface area contributed by atoms with E-state index in [1.54, 1.807) is 26.2 Å². The summed E-state index contributed by atoms with van der Waals surface area (Å²) in [5.41, 5.74) is 1.70. The highest BCUT2D eigenvalue weighted by atomic mass is 79.9. The Hall–Kier alpha value is -2.60. The summed E-state index contributed by atoms with van der Waals surface area (Å²) >= 11 is 3.38. The van der Waals surface area contributed by atoms with Crippen LogP contribution in [0.15, 0.2) is 59.1 Å². The smallest absolute Gasteiger partial charge is 0.331 e. The van der Waals surface area contributed by atoms with Crippen molar-refractivity contribution in [2.75, 3.05) is 7.11 Å². The van der Waals surface area contributed by atoms with Crippen molar-refractivity contribution >= 4 is 33.9 Å². The van der Waals surface area contributed by atoms with Gasteiger partial charge in [0, 0.05) is 16.1 Å². The second-order valence-corrected chi connectivity index (χ2v) is 6.86. The number of ether oxygens (including phenoxy) is 2. The van der Waals surface area contributed by atoms with Crippen LogP contribution < -0.4 is 10.1 Å². The van der Waals surface area contributed by atoms with E-state index in [0.29, 0.717) is 5.75 Å². The monoisotopic (exact) mass is 431 g/mol. The first kappa shape index (κ1) is 20.7. The molecule has 2 aromatic carbocycles. The molecule has 142 valence electrons. The summed E-state index contributed by atoms with van der Waals surface area (Å²) in [6.45, 7) is 3.42. The molecule has 0 radical (unpaired) electrons. The standard InChI is InChI=1S/C21H22BrNO4/c1-14(16-7-5-4-6-8-16)23-21(25)15(2)27-20(24)12-9-17-13-18(22)10-11-19(17)26-3/h4-15H,1-3H3,(H,23,25)/b12-9+. The lowest BCUT2D eigenvalue weighted by Gasteiger charge is -2.17. The largest absolute Gasteiger partial charge is 0.496 e. The number of benzene rings is 2. The fourth-order valence-corrected chi connectivity index (χ4v) is 2.79. The molecule has 2 aromatic rings. The van der Waals surface area contributed by atoms with Gasteiger partial charge in [0.15, 0.2) is 6.10 Å². The maximum Gasteiger partial charge on any atom is 0.331 e. The number of rotatable bonds is 7. The van der Waals surface area contributed by atoms with Gasteiger partial charge >= 0.3 is 5.97 Å². The molecule has 1 N–H and O–H groups in total. The van der Waals surface area contributed by atoms with Crippen molar-refractivity contribution in [3.8, 4) is 5.75 Å². The van der Waals surface area contributed by atoms with Crippen LogP contribution in [0.5, 0.6) is 5.75 Å². The highest BCUT2D eigenvalue weighted by Gasteiger charge is 2.19. The van der Waals surface area contributed by atoms with Crippen LogP contribution in [0.3, 0.4) is 0 Å². The molecule has 0 aliphatic rings. The number of nitrogens with one attached hydrogen (secondary N) is 1. The predicted octanol–water partition coefficient (Wildman–Crippen LogP) is 4.28. The molecule has 27 heavy (non-hydrogen) atoms. The Morgan fingerprint density at radius 1 is 1.11 bits per heavy atom. The minimum Gasteiger partial charge on any atom is -0.496 e. The van der Waals surface area contributed by atoms with E-state index < -0.39 is 12.1 Å². The van der Waals surface area contributed by atoms with E-state index >= 15 is 0 Å². The van der Waals surface area contributed by atoms with Gasteiger partial charge in [-0.15, -0.1) is 0 Å². The highest BCUT2D eigenvalue weighted by Crippen LogP contribution is 2.24. The molecule has 2 rings (SSSR count). The van der Waals surface area contributed by atoms with Gasteiger partial charge in [-0.3, -0.25) is 4.79 Å². The average Bonchev–Trinajstić information content (AvgIpc) is 2.67. The SMILES string of the molecule is COc1ccc(Br)cc1/C=C/C(=O)OC(C)C(=O)NC(C)c1ccccc1. The van der Waals surface area contributed by atoms with Gasteiger partial charge in [-0.1, -0.05) is 46.3 Å². The molecule has 0 aromatic heterocycles. The van der Waals surface area contributed by atoms with Crippen LogP contribution >= 0.6 is 15.9 Å². The van der Waals surface area contributed by atoms with Crippen LogP contribution in [0.1, 0.15) is 31.0 Å². The fraction of sp³-hybridized carbons (Fsp3) is 0.238. The molecule has 0 spiro atoms. The van der Waals surface area contributed by atoms with Crippen LogP contribution in [-0.4, -0.2) is 25.1 Å². The summed E-state index contributed by atoms with van der Waals surface area (Å²) in [5.74, 6) is -0.329. The van der Waals surface area contributed by atoms with E-state index in [1.165, 1.54) is 6.08 Å². The third-order valence-corrected chi connectivity index (χ3v) is 4.40. The first-order valence-corrected chi connectivity index (χ1v) is 9.27. The molecule has 0 fully saturated rings. The van der Waals surface area contributed by atoms with Gasteiger partial charge in [-0.25, -0.2) is 4.79 Å². The van der Waals surface area contributed by atoms with Crippen molar-refractivity contribution < 1.29 is 19.1 Å². The summed E-state index contributed by atoms with van der Waals surface area (Å²) in [5, 5.41) is 2.83. The van der Waals surface area contributed by atoms with Crippen molar-refractivity contribution in [3.05, 3.63) is 70.2 Å². The molecule has 2 atom stereocenters. The van der Waals surface area contributed by atoms with Crippen LogP contribution in [0, 0.1) is 0 Å². The zero-order chi connectivity index (χ0) is 19.8. The second kappa shape index (κ2) is 9.92. The Kier molecular flexibility index (Phi) is 7.61. The number of esters is 1. The average molecular weight is 432 g/mol. The molecule has 0 heterocycles. The van der Waals surface area contributed by atoms with Crippen molar-refractivity contribution in [3.63, 3.8) is 0 Å².